The first-order valence-electron chi connectivity index (χ1n) is 5.13. The van der Waals surface area contributed by atoms with Gasteiger partial charge in [-0.25, -0.2) is 0 Å². The second-order valence-electron chi connectivity index (χ2n) is 5.23. The second-order valence-corrected chi connectivity index (χ2v) is 5.23. The average molecular weight is 205 g/mol. The number of nitriles is 1. The first-order valence-corrected chi connectivity index (χ1v) is 5.13. The molecule has 3 heteroatoms. The summed E-state index contributed by atoms with van der Waals surface area (Å²) in [5, 5.41) is 8.99. The minimum atomic E-state index is 0.164. The van der Waals surface area contributed by atoms with Gasteiger partial charge in [-0.2, -0.15) is 5.26 Å². The Morgan fingerprint density at radius 1 is 1.33 bits per heavy atom. The molecule has 0 aliphatic rings. The van der Waals surface area contributed by atoms with Crippen LogP contribution in [-0.2, 0) is 6.54 Å². The van der Waals surface area contributed by atoms with Crippen molar-refractivity contribution in [3.8, 4) is 6.07 Å². The molecule has 0 fully saturated rings. The van der Waals surface area contributed by atoms with E-state index in [4.69, 9.17) is 11.0 Å². The Morgan fingerprint density at radius 2 is 1.87 bits per heavy atom. The van der Waals surface area contributed by atoms with Crippen molar-refractivity contribution in [3.05, 3.63) is 16.8 Å². The highest BCUT2D eigenvalue weighted by Crippen LogP contribution is 2.27. The molecule has 0 aliphatic heterocycles. The van der Waals surface area contributed by atoms with Crippen molar-refractivity contribution in [1.82, 2.24) is 4.57 Å². The minimum Gasteiger partial charge on any atom is -0.384 e. The predicted molar refractivity (Wildman–Crippen MR) is 62.5 cm³/mol. The van der Waals surface area contributed by atoms with Crippen LogP contribution >= 0.6 is 0 Å². The Hall–Kier alpha value is -1.43. The largest absolute Gasteiger partial charge is 0.384 e. The van der Waals surface area contributed by atoms with Gasteiger partial charge in [0.15, 0.2) is 0 Å². The summed E-state index contributed by atoms with van der Waals surface area (Å²) in [6.45, 7) is 11.3. The van der Waals surface area contributed by atoms with Gasteiger partial charge in [0.1, 0.15) is 11.9 Å². The Kier molecular flexibility index (Phi) is 2.81. The lowest BCUT2D eigenvalue weighted by Crippen LogP contribution is -2.18. The van der Waals surface area contributed by atoms with Gasteiger partial charge in [0.2, 0.25) is 0 Å². The average Bonchev–Trinajstić information content (AvgIpc) is 2.28. The molecule has 0 radical (unpaired) electrons. The van der Waals surface area contributed by atoms with Crippen LogP contribution in [0.2, 0.25) is 0 Å². The molecule has 15 heavy (non-hydrogen) atoms. The lowest BCUT2D eigenvalue weighted by Gasteiger charge is -2.21. The van der Waals surface area contributed by atoms with E-state index >= 15 is 0 Å². The van der Waals surface area contributed by atoms with Crippen molar-refractivity contribution in [2.24, 2.45) is 5.41 Å². The Bertz CT molecular complexity index is 414. The third kappa shape index (κ3) is 2.15. The molecule has 2 N–H and O–H groups in total. The third-order valence-corrected chi connectivity index (χ3v) is 2.61. The number of rotatable bonds is 1. The summed E-state index contributed by atoms with van der Waals surface area (Å²) < 4.78 is 2.04. The number of nitrogens with two attached hydrogens (primary N) is 1. The minimum absolute atomic E-state index is 0.164. The zero-order valence-corrected chi connectivity index (χ0v) is 10.2. The van der Waals surface area contributed by atoms with Crippen molar-refractivity contribution in [1.29, 1.82) is 5.26 Å². The van der Waals surface area contributed by atoms with E-state index in [2.05, 4.69) is 26.8 Å². The third-order valence-electron chi connectivity index (χ3n) is 2.61. The van der Waals surface area contributed by atoms with Crippen molar-refractivity contribution in [2.75, 3.05) is 5.73 Å². The second kappa shape index (κ2) is 3.62. The highest BCUT2D eigenvalue weighted by molar-refractivity contribution is 5.57. The zero-order valence-electron chi connectivity index (χ0n) is 10.2. The maximum Gasteiger partial charge on any atom is 0.122 e. The maximum absolute atomic E-state index is 8.99. The summed E-state index contributed by atoms with van der Waals surface area (Å²) in [5.41, 5.74) is 8.84. The molecule has 0 atom stereocenters. The Labute approximate surface area is 91.5 Å². The molecule has 1 heterocycles. The first kappa shape index (κ1) is 11.6. The Morgan fingerprint density at radius 3 is 2.20 bits per heavy atom. The number of aromatic nitrogens is 1. The summed E-state index contributed by atoms with van der Waals surface area (Å²) in [7, 11) is 0. The fourth-order valence-electron chi connectivity index (χ4n) is 1.71. The number of nitrogens with zero attached hydrogens (tertiary/aromatic N) is 2. The van der Waals surface area contributed by atoms with Crippen molar-refractivity contribution < 1.29 is 0 Å². The van der Waals surface area contributed by atoms with Gasteiger partial charge in [-0.1, -0.05) is 20.8 Å². The van der Waals surface area contributed by atoms with Crippen LogP contribution < -0.4 is 5.73 Å². The van der Waals surface area contributed by atoms with E-state index in [1.807, 2.05) is 18.4 Å². The first-order chi connectivity index (χ1) is 6.78. The molecule has 0 unspecified atom stereocenters. The van der Waals surface area contributed by atoms with Gasteiger partial charge in [0.05, 0.1) is 5.56 Å². The molecule has 0 saturated heterocycles. The van der Waals surface area contributed by atoms with Gasteiger partial charge in [0, 0.05) is 12.2 Å². The Balaban J connectivity index is 3.27. The summed E-state index contributed by atoms with van der Waals surface area (Å²) in [6, 6.07) is 2.16. The van der Waals surface area contributed by atoms with Crippen LogP contribution in [0.1, 0.15) is 37.6 Å². The smallest absolute Gasteiger partial charge is 0.122 e. The van der Waals surface area contributed by atoms with E-state index in [9.17, 15) is 0 Å². The number of nitrogen functional groups attached to an aromatic ring is 1. The molecule has 1 aromatic heterocycles. The van der Waals surface area contributed by atoms with E-state index in [0.717, 1.165) is 17.8 Å². The van der Waals surface area contributed by atoms with Gasteiger partial charge in [-0.05, 0) is 24.8 Å². The van der Waals surface area contributed by atoms with Crippen LogP contribution in [0.15, 0.2) is 0 Å². The van der Waals surface area contributed by atoms with Gasteiger partial charge in [-0.15, -0.1) is 0 Å². The molecule has 0 aromatic carbocycles. The molecule has 0 aliphatic carbocycles. The number of hydrogen-bond donors (Lipinski definition) is 1. The van der Waals surface area contributed by atoms with Gasteiger partial charge in [0.25, 0.3) is 0 Å². The van der Waals surface area contributed by atoms with Crippen LogP contribution in [0.5, 0.6) is 0 Å². The van der Waals surface area contributed by atoms with E-state index in [0.29, 0.717) is 11.4 Å². The summed E-state index contributed by atoms with van der Waals surface area (Å²) in [6.07, 6.45) is 0. The standard InChI is InChI=1S/C12H19N3/c1-8-9(2)15(7-12(3,4)5)11(14)10(8)6-13/h7,14H2,1-5H3. The normalized spacial score (nSPS) is 11.5. The number of hydrogen-bond acceptors (Lipinski definition) is 2. The van der Waals surface area contributed by atoms with Crippen LogP contribution in [0.3, 0.4) is 0 Å². The lowest BCUT2D eigenvalue weighted by molar-refractivity contribution is 0.343. The van der Waals surface area contributed by atoms with Gasteiger partial charge in [-0.3, -0.25) is 0 Å². The monoisotopic (exact) mass is 205 g/mol. The van der Waals surface area contributed by atoms with Crippen LogP contribution in [0, 0.1) is 30.6 Å². The van der Waals surface area contributed by atoms with E-state index in [1.165, 1.54) is 0 Å². The van der Waals surface area contributed by atoms with Crippen molar-refractivity contribution in [3.63, 3.8) is 0 Å². The molecule has 0 spiro atoms. The molecule has 0 amide bonds. The van der Waals surface area contributed by atoms with E-state index in [-0.39, 0.29) is 5.41 Å². The fraction of sp³-hybridized carbons (Fsp3) is 0.583. The van der Waals surface area contributed by atoms with Gasteiger partial charge < -0.3 is 10.3 Å². The maximum atomic E-state index is 8.99. The SMILES string of the molecule is Cc1c(C#N)c(N)n(CC(C)(C)C)c1C. The summed E-state index contributed by atoms with van der Waals surface area (Å²) >= 11 is 0. The molecule has 1 rings (SSSR count). The molecule has 0 saturated carbocycles. The van der Waals surface area contributed by atoms with Crippen molar-refractivity contribution in [2.45, 2.75) is 41.2 Å². The topological polar surface area (TPSA) is 54.7 Å². The molecular formula is C12H19N3. The number of anilines is 1. The van der Waals surface area contributed by atoms with Crippen LogP contribution in [0.25, 0.3) is 0 Å². The predicted octanol–water partition coefficient (Wildman–Crippen LogP) is 2.60. The molecule has 3 nitrogen and oxygen atoms in total. The molecule has 82 valence electrons. The molecule has 0 bridgehead atoms. The quantitative estimate of drug-likeness (QED) is 0.766. The lowest BCUT2D eigenvalue weighted by atomic mass is 9.97. The van der Waals surface area contributed by atoms with Crippen molar-refractivity contribution >= 4 is 5.82 Å². The molecular weight excluding hydrogens is 186 g/mol. The highest BCUT2D eigenvalue weighted by atomic mass is 15.1. The summed E-state index contributed by atoms with van der Waals surface area (Å²) in [4.78, 5) is 0. The van der Waals surface area contributed by atoms with E-state index in [1.54, 1.807) is 0 Å². The summed E-state index contributed by atoms with van der Waals surface area (Å²) in [5.74, 6) is 0.599. The van der Waals surface area contributed by atoms with Crippen LogP contribution in [-0.4, -0.2) is 4.57 Å². The fourth-order valence-corrected chi connectivity index (χ4v) is 1.71. The molecule has 1 aromatic rings. The van der Waals surface area contributed by atoms with Gasteiger partial charge >= 0.3 is 0 Å². The van der Waals surface area contributed by atoms with E-state index < -0.39 is 0 Å². The zero-order chi connectivity index (χ0) is 11.8. The van der Waals surface area contributed by atoms with Crippen LogP contribution in [0.4, 0.5) is 5.82 Å². The highest BCUT2D eigenvalue weighted by Gasteiger charge is 2.19.